The molecule has 0 radical (unpaired) electrons. The van der Waals surface area contributed by atoms with Crippen molar-refractivity contribution in [1.29, 1.82) is 0 Å². The van der Waals surface area contributed by atoms with Crippen LogP contribution in [0.15, 0.2) is 60.7 Å². The number of carbonyl (C=O) groups is 1. The van der Waals surface area contributed by atoms with Crippen LogP contribution in [0.4, 0.5) is 0 Å². The molecule has 0 saturated carbocycles. The van der Waals surface area contributed by atoms with Gasteiger partial charge in [0.05, 0.1) is 0 Å². The topological polar surface area (TPSA) is 52.6 Å². The summed E-state index contributed by atoms with van der Waals surface area (Å²) in [7, 11) is -4.01. The molecule has 2 aromatic carbocycles. The van der Waals surface area contributed by atoms with E-state index in [-0.39, 0.29) is 5.92 Å². The predicted octanol–water partition coefficient (Wildman–Crippen LogP) is 6.08. The number of benzene rings is 2. The zero-order valence-electron chi connectivity index (χ0n) is 14.8. The molecule has 4 nitrogen and oxygen atoms in total. The summed E-state index contributed by atoms with van der Waals surface area (Å²) in [6, 6.07) is 17.4. The Morgan fingerprint density at radius 1 is 0.920 bits per heavy atom. The lowest BCUT2D eigenvalue weighted by atomic mass is 10.0. The smallest absolute Gasteiger partial charge is 0.411 e. The van der Waals surface area contributed by atoms with Gasteiger partial charge in [0.25, 0.3) is 5.52 Å². The minimum absolute atomic E-state index is 0.335. The van der Waals surface area contributed by atoms with Crippen molar-refractivity contribution in [2.75, 3.05) is 0 Å². The summed E-state index contributed by atoms with van der Waals surface area (Å²) in [5, 5.41) is 0. The lowest BCUT2D eigenvalue weighted by Gasteiger charge is -2.22. The summed E-state index contributed by atoms with van der Waals surface area (Å²) in [4.78, 5) is 13.0. The normalized spacial score (nSPS) is 12.4. The number of para-hydroxylation sites is 2. The van der Waals surface area contributed by atoms with Gasteiger partial charge < -0.3 is 9.05 Å². The van der Waals surface area contributed by atoms with Crippen LogP contribution in [0.25, 0.3) is 0 Å². The molecule has 0 aromatic heterocycles. The molecule has 134 valence electrons. The van der Waals surface area contributed by atoms with Crippen LogP contribution in [0.2, 0.25) is 0 Å². The predicted molar refractivity (Wildman–Crippen MR) is 100 cm³/mol. The molecule has 1 atom stereocenters. The molecular weight excluding hydrogens is 335 g/mol. The lowest BCUT2D eigenvalue weighted by molar-refractivity contribution is -0.117. The van der Waals surface area contributed by atoms with Crippen LogP contribution in [-0.2, 0) is 9.36 Å². The highest BCUT2D eigenvalue weighted by atomic mass is 31.2. The second kappa shape index (κ2) is 9.43. The molecule has 0 saturated heterocycles. The minimum atomic E-state index is -4.01. The Labute approximate surface area is 149 Å². The summed E-state index contributed by atoms with van der Waals surface area (Å²) >= 11 is 0. The first-order chi connectivity index (χ1) is 12.1. The average molecular weight is 360 g/mol. The van der Waals surface area contributed by atoms with Gasteiger partial charge in [-0.2, -0.15) is 0 Å². The summed E-state index contributed by atoms with van der Waals surface area (Å²) in [6.45, 7) is 3.99. The van der Waals surface area contributed by atoms with Crippen molar-refractivity contribution < 1.29 is 18.4 Å². The van der Waals surface area contributed by atoms with Gasteiger partial charge in [-0.1, -0.05) is 63.1 Å². The fraction of sp³-hybridized carbons (Fsp3) is 0.350. The van der Waals surface area contributed by atoms with Crippen molar-refractivity contribution in [3.63, 3.8) is 0 Å². The Kier molecular flexibility index (Phi) is 7.27. The Balaban J connectivity index is 2.30. The van der Waals surface area contributed by atoms with Gasteiger partial charge in [-0.3, -0.25) is 4.79 Å². The third-order valence-corrected chi connectivity index (χ3v) is 5.76. The van der Waals surface area contributed by atoms with E-state index in [4.69, 9.17) is 9.05 Å². The van der Waals surface area contributed by atoms with Gasteiger partial charge in [-0.05, 0) is 37.1 Å². The van der Waals surface area contributed by atoms with Crippen molar-refractivity contribution in [3.05, 3.63) is 60.7 Å². The van der Waals surface area contributed by atoms with Gasteiger partial charge in [-0.15, -0.1) is 0 Å². The summed E-state index contributed by atoms with van der Waals surface area (Å²) < 4.78 is 24.7. The standard InChI is InChI=1S/C20H25O4P/c1-3-5-12-17(4-2)20(21)25(22,23-18-13-8-6-9-14-18)24-19-15-10-7-11-16-19/h6-11,13-17H,3-5,12H2,1-2H3. The van der Waals surface area contributed by atoms with E-state index in [0.29, 0.717) is 24.3 Å². The van der Waals surface area contributed by atoms with Crippen LogP contribution in [0, 0.1) is 5.92 Å². The molecule has 0 aliphatic carbocycles. The zero-order valence-corrected chi connectivity index (χ0v) is 15.7. The van der Waals surface area contributed by atoms with Crippen LogP contribution < -0.4 is 9.05 Å². The molecule has 2 aromatic rings. The Morgan fingerprint density at radius 3 is 1.80 bits per heavy atom. The van der Waals surface area contributed by atoms with E-state index in [9.17, 15) is 9.36 Å². The van der Waals surface area contributed by atoms with E-state index < -0.39 is 13.1 Å². The zero-order chi connectivity index (χ0) is 18.1. The number of unbranched alkanes of at least 4 members (excludes halogenated alkanes) is 1. The minimum Gasteiger partial charge on any atom is -0.411 e. The second-order valence-corrected chi connectivity index (χ2v) is 7.69. The van der Waals surface area contributed by atoms with Crippen LogP contribution in [-0.4, -0.2) is 5.52 Å². The maximum Gasteiger partial charge on any atom is 0.498 e. The van der Waals surface area contributed by atoms with Crippen molar-refractivity contribution in [2.45, 2.75) is 39.5 Å². The van der Waals surface area contributed by atoms with E-state index >= 15 is 0 Å². The molecule has 0 bridgehead atoms. The summed E-state index contributed by atoms with van der Waals surface area (Å²) in [5.74, 6) is 0.388. The van der Waals surface area contributed by atoms with Crippen molar-refractivity contribution >= 4 is 13.1 Å². The number of hydrogen-bond acceptors (Lipinski definition) is 4. The first kappa shape index (κ1) is 19.3. The van der Waals surface area contributed by atoms with E-state index in [2.05, 4.69) is 6.92 Å². The second-order valence-electron chi connectivity index (χ2n) is 5.89. The third kappa shape index (κ3) is 5.47. The van der Waals surface area contributed by atoms with Gasteiger partial charge in [0, 0.05) is 5.92 Å². The Hall–Kier alpha value is -2.06. The monoisotopic (exact) mass is 360 g/mol. The highest BCUT2D eigenvalue weighted by Gasteiger charge is 2.42. The molecular formula is C20H25O4P. The van der Waals surface area contributed by atoms with Gasteiger partial charge in [0.15, 0.2) is 0 Å². The highest BCUT2D eigenvalue weighted by Crippen LogP contribution is 2.52. The number of carbonyl (C=O) groups excluding carboxylic acids is 1. The van der Waals surface area contributed by atoms with Gasteiger partial charge in [-0.25, -0.2) is 4.57 Å². The molecule has 0 spiro atoms. The molecule has 0 heterocycles. The van der Waals surface area contributed by atoms with Crippen LogP contribution in [0.5, 0.6) is 11.5 Å². The molecule has 0 N–H and O–H groups in total. The molecule has 0 fully saturated rings. The lowest BCUT2D eigenvalue weighted by Crippen LogP contribution is -2.20. The molecule has 25 heavy (non-hydrogen) atoms. The quantitative estimate of drug-likeness (QED) is 0.482. The number of rotatable bonds is 10. The summed E-state index contributed by atoms with van der Waals surface area (Å²) in [5.41, 5.74) is -0.448. The Bertz CT molecular complexity index is 655. The van der Waals surface area contributed by atoms with Crippen molar-refractivity contribution in [3.8, 4) is 11.5 Å². The Morgan fingerprint density at radius 2 is 1.40 bits per heavy atom. The SMILES string of the molecule is CCCCC(CC)C(=O)P(=O)(Oc1ccccc1)Oc1ccccc1. The first-order valence-corrected chi connectivity index (χ1v) is 10.3. The van der Waals surface area contributed by atoms with Crippen LogP contribution in [0.1, 0.15) is 39.5 Å². The number of hydrogen-bond donors (Lipinski definition) is 0. The maximum absolute atomic E-state index is 13.4. The van der Waals surface area contributed by atoms with E-state index in [1.165, 1.54) is 0 Å². The molecule has 1 unspecified atom stereocenters. The van der Waals surface area contributed by atoms with Gasteiger partial charge >= 0.3 is 7.60 Å². The molecule has 0 aliphatic rings. The highest BCUT2D eigenvalue weighted by molar-refractivity contribution is 7.72. The largest absolute Gasteiger partial charge is 0.498 e. The molecule has 5 heteroatoms. The van der Waals surface area contributed by atoms with Crippen molar-refractivity contribution in [2.24, 2.45) is 5.92 Å². The van der Waals surface area contributed by atoms with E-state index in [0.717, 1.165) is 12.8 Å². The molecule has 0 aliphatic heterocycles. The van der Waals surface area contributed by atoms with Crippen LogP contribution in [0.3, 0.4) is 0 Å². The summed E-state index contributed by atoms with van der Waals surface area (Å²) in [6.07, 6.45) is 3.18. The van der Waals surface area contributed by atoms with Gasteiger partial charge in [0.1, 0.15) is 11.5 Å². The molecule has 0 amide bonds. The maximum atomic E-state index is 13.4. The fourth-order valence-corrected chi connectivity index (χ4v) is 4.30. The van der Waals surface area contributed by atoms with E-state index in [1.807, 2.05) is 19.1 Å². The third-order valence-electron chi connectivity index (χ3n) is 3.96. The van der Waals surface area contributed by atoms with Crippen molar-refractivity contribution in [1.82, 2.24) is 0 Å². The van der Waals surface area contributed by atoms with Gasteiger partial charge in [0.2, 0.25) is 0 Å². The first-order valence-electron chi connectivity index (χ1n) is 8.72. The fourth-order valence-electron chi connectivity index (χ4n) is 2.53. The van der Waals surface area contributed by atoms with E-state index in [1.54, 1.807) is 48.5 Å². The average Bonchev–Trinajstić information content (AvgIpc) is 2.63. The van der Waals surface area contributed by atoms with Crippen LogP contribution >= 0.6 is 7.60 Å². The molecule has 2 rings (SSSR count).